The molecule has 2 aliphatic rings. The number of rotatable bonds is 5. The van der Waals surface area contributed by atoms with Crippen LogP contribution in [0.15, 0.2) is 48.7 Å². The van der Waals surface area contributed by atoms with Crippen molar-refractivity contribution in [2.75, 3.05) is 0 Å². The topological polar surface area (TPSA) is 80.1 Å². The third kappa shape index (κ3) is 2.96. The molecule has 7 nitrogen and oxygen atoms in total. The van der Waals surface area contributed by atoms with Gasteiger partial charge in [0.15, 0.2) is 0 Å². The summed E-state index contributed by atoms with van der Waals surface area (Å²) in [4.78, 5) is 32.3. The minimum Gasteiger partial charge on any atom is -0.350 e. The Hall–Kier alpha value is -3.55. The van der Waals surface area contributed by atoms with Gasteiger partial charge in [0.1, 0.15) is 17.1 Å². The Bertz CT molecular complexity index is 1150. The van der Waals surface area contributed by atoms with E-state index in [9.17, 15) is 14.0 Å². The van der Waals surface area contributed by atoms with Crippen molar-refractivity contribution >= 4 is 11.8 Å². The molecule has 30 heavy (non-hydrogen) atoms. The Balaban J connectivity index is 1.34. The molecule has 5 rings (SSSR count). The molecule has 2 aromatic heterocycles. The maximum atomic E-state index is 13.1. The van der Waals surface area contributed by atoms with E-state index in [1.165, 1.54) is 12.1 Å². The van der Waals surface area contributed by atoms with Gasteiger partial charge in [-0.1, -0.05) is 18.2 Å². The lowest BCUT2D eigenvalue weighted by Gasteiger charge is -2.26. The fourth-order valence-corrected chi connectivity index (χ4v) is 3.97. The van der Waals surface area contributed by atoms with Gasteiger partial charge in [0.25, 0.3) is 5.91 Å². The van der Waals surface area contributed by atoms with Gasteiger partial charge in [-0.15, -0.1) is 0 Å². The molecule has 0 radical (unpaired) electrons. The van der Waals surface area contributed by atoms with Crippen LogP contribution >= 0.6 is 0 Å². The summed E-state index contributed by atoms with van der Waals surface area (Å²) in [6.45, 7) is 0.662. The second kappa shape index (κ2) is 6.76. The standard InChI is InChI=1S/C22H20FN5O2/c1-27-18(8-11-25-27)17-7-4-15-13-28(20(29)19(15)26-17)22(9-10-22)21(30)24-12-14-2-5-16(23)6-3-14/h2-8,11H,9-10,12-13H2,1H3,(H,24,30). The number of pyridine rings is 1. The number of benzene rings is 1. The molecular formula is C22H20FN5O2. The SMILES string of the molecule is Cn1nccc1-c1ccc2c(n1)C(=O)N(C1(C(=O)NCc3ccc(F)cc3)CC1)C2. The zero-order valence-electron chi connectivity index (χ0n) is 16.4. The van der Waals surface area contributed by atoms with E-state index >= 15 is 0 Å². The minimum atomic E-state index is -0.829. The largest absolute Gasteiger partial charge is 0.350 e. The first-order chi connectivity index (χ1) is 14.5. The number of aryl methyl sites for hydroxylation is 1. The van der Waals surface area contributed by atoms with Crippen molar-refractivity contribution in [1.82, 2.24) is 25.0 Å². The smallest absolute Gasteiger partial charge is 0.274 e. The number of carbonyl (C=O) groups excluding carboxylic acids is 2. The van der Waals surface area contributed by atoms with E-state index in [1.54, 1.807) is 27.9 Å². The molecule has 1 saturated carbocycles. The first-order valence-electron chi connectivity index (χ1n) is 9.81. The highest BCUT2D eigenvalue weighted by Gasteiger charge is 2.58. The highest BCUT2D eigenvalue weighted by Crippen LogP contribution is 2.46. The van der Waals surface area contributed by atoms with Gasteiger partial charge in [-0.25, -0.2) is 9.37 Å². The van der Waals surface area contributed by atoms with Crippen molar-refractivity contribution in [3.8, 4) is 11.4 Å². The Kier molecular flexibility index (Phi) is 4.16. The van der Waals surface area contributed by atoms with E-state index in [2.05, 4.69) is 15.4 Å². The van der Waals surface area contributed by atoms with Gasteiger partial charge < -0.3 is 10.2 Å². The summed E-state index contributed by atoms with van der Waals surface area (Å²) >= 11 is 0. The van der Waals surface area contributed by atoms with E-state index in [0.717, 1.165) is 16.8 Å². The molecule has 1 aliphatic carbocycles. The molecule has 1 N–H and O–H groups in total. The number of fused-ring (bicyclic) bond motifs is 1. The number of halogens is 1. The number of aromatic nitrogens is 3. The van der Waals surface area contributed by atoms with E-state index < -0.39 is 5.54 Å². The van der Waals surface area contributed by atoms with Crippen molar-refractivity contribution in [1.29, 1.82) is 0 Å². The molecule has 1 fully saturated rings. The number of carbonyl (C=O) groups is 2. The molecule has 2 amide bonds. The first-order valence-corrected chi connectivity index (χ1v) is 9.81. The van der Waals surface area contributed by atoms with Gasteiger partial charge in [0, 0.05) is 31.9 Å². The number of nitrogens with one attached hydrogen (secondary N) is 1. The third-order valence-corrected chi connectivity index (χ3v) is 5.87. The van der Waals surface area contributed by atoms with Crippen molar-refractivity contribution in [3.63, 3.8) is 0 Å². The molecule has 1 aliphatic heterocycles. The average molecular weight is 405 g/mol. The first kappa shape index (κ1) is 18.5. The van der Waals surface area contributed by atoms with Crippen LogP contribution in [-0.4, -0.2) is 37.0 Å². The van der Waals surface area contributed by atoms with Gasteiger partial charge in [-0.3, -0.25) is 14.3 Å². The summed E-state index contributed by atoms with van der Waals surface area (Å²) in [5, 5.41) is 7.05. The van der Waals surface area contributed by atoms with Crippen LogP contribution in [-0.2, 0) is 24.9 Å². The number of amides is 2. The molecule has 152 valence electrons. The molecule has 0 saturated heterocycles. The Morgan fingerprint density at radius 1 is 1.17 bits per heavy atom. The normalized spacial score (nSPS) is 16.5. The molecule has 8 heteroatoms. The van der Waals surface area contributed by atoms with Gasteiger partial charge >= 0.3 is 0 Å². The Morgan fingerprint density at radius 3 is 2.60 bits per heavy atom. The summed E-state index contributed by atoms with van der Waals surface area (Å²) in [5.41, 5.74) is 2.69. The summed E-state index contributed by atoms with van der Waals surface area (Å²) in [5.74, 6) is -0.717. The predicted octanol–water partition coefficient (Wildman–Crippen LogP) is 2.43. The second-order valence-electron chi connectivity index (χ2n) is 7.78. The highest BCUT2D eigenvalue weighted by atomic mass is 19.1. The lowest BCUT2D eigenvalue weighted by molar-refractivity contribution is -0.127. The van der Waals surface area contributed by atoms with Gasteiger partial charge in [0.2, 0.25) is 5.91 Å². The zero-order valence-corrected chi connectivity index (χ0v) is 16.4. The highest BCUT2D eigenvalue weighted by molar-refractivity contribution is 6.02. The molecule has 3 heterocycles. The van der Waals surface area contributed by atoms with Crippen LogP contribution in [0.1, 0.15) is 34.5 Å². The van der Waals surface area contributed by atoms with Crippen molar-refractivity contribution < 1.29 is 14.0 Å². The molecule has 0 atom stereocenters. The lowest BCUT2D eigenvalue weighted by Crippen LogP contribution is -2.49. The number of hydrogen-bond donors (Lipinski definition) is 1. The van der Waals surface area contributed by atoms with Gasteiger partial charge in [-0.05, 0) is 42.7 Å². The van der Waals surface area contributed by atoms with Crippen LogP contribution in [0.25, 0.3) is 11.4 Å². The molecule has 1 aromatic carbocycles. The lowest BCUT2D eigenvalue weighted by atomic mass is 10.1. The number of hydrogen-bond acceptors (Lipinski definition) is 4. The van der Waals surface area contributed by atoms with Gasteiger partial charge in [-0.2, -0.15) is 5.10 Å². The minimum absolute atomic E-state index is 0.181. The maximum Gasteiger partial charge on any atom is 0.274 e. The molecule has 3 aromatic rings. The molecular weight excluding hydrogens is 385 g/mol. The summed E-state index contributed by atoms with van der Waals surface area (Å²) in [6, 6.07) is 11.6. The number of nitrogens with zero attached hydrogens (tertiary/aromatic N) is 4. The molecule has 0 spiro atoms. The summed E-state index contributed by atoms with van der Waals surface area (Å²) in [6.07, 6.45) is 2.93. The van der Waals surface area contributed by atoms with E-state index in [1.807, 2.05) is 25.2 Å². The quantitative estimate of drug-likeness (QED) is 0.707. The van der Waals surface area contributed by atoms with Crippen LogP contribution in [0.2, 0.25) is 0 Å². The predicted molar refractivity (Wildman–Crippen MR) is 107 cm³/mol. The van der Waals surface area contributed by atoms with Crippen LogP contribution in [0.4, 0.5) is 4.39 Å². The van der Waals surface area contributed by atoms with Crippen molar-refractivity contribution in [2.24, 2.45) is 7.05 Å². The second-order valence-corrected chi connectivity index (χ2v) is 7.78. The monoisotopic (exact) mass is 405 g/mol. The fourth-order valence-electron chi connectivity index (χ4n) is 3.97. The van der Waals surface area contributed by atoms with Gasteiger partial charge in [0.05, 0.1) is 11.4 Å². The van der Waals surface area contributed by atoms with Crippen LogP contribution in [0.5, 0.6) is 0 Å². The van der Waals surface area contributed by atoms with Crippen molar-refractivity contribution in [2.45, 2.75) is 31.5 Å². The molecule has 0 unspecified atom stereocenters. The van der Waals surface area contributed by atoms with Crippen LogP contribution < -0.4 is 5.32 Å². The van der Waals surface area contributed by atoms with E-state index in [0.29, 0.717) is 37.3 Å². The zero-order chi connectivity index (χ0) is 20.9. The molecule has 0 bridgehead atoms. The van der Waals surface area contributed by atoms with Crippen LogP contribution in [0, 0.1) is 5.82 Å². The van der Waals surface area contributed by atoms with Crippen molar-refractivity contribution in [3.05, 3.63) is 71.3 Å². The summed E-state index contributed by atoms with van der Waals surface area (Å²) < 4.78 is 14.8. The Morgan fingerprint density at radius 2 is 1.93 bits per heavy atom. The van der Waals surface area contributed by atoms with E-state index in [-0.39, 0.29) is 17.6 Å². The third-order valence-electron chi connectivity index (χ3n) is 5.87. The summed E-state index contributed by atoms with van der Waals surface area (Å²) in [7, 11) is 1.82. The fraction of sp³-hybridized carbons (Fsp3) is 0.273. The maximum absolute atomic E-state index is 13.1. The van der Waals surface area contributed by atoms with Crippen LogP contribution in [0.3, 0.4) is 0 Å². The Labute approximate surface area is 172 Å². The van der Waals surface area contributed by atoms with E-state index in [4.69, 9.17) is 0 Å². The average Bonchev–Trinajstić information content (AvgIpc) is 3.34.